The van der Waals surface area contributed by atoms with Gasteiger partial charge in [0, 0.05) is 50.1 Å². The van der Waals surface area contributed by atoms with Gasteiger partial charge in [-0.05, 0) is 37.5 Å². The average molecular weight is 375 g/mol. The molecule has 3 rings (SSSR count). The summed E-state index contributed by atoms with van der Waals surface area (Å²) in [5.41, 5.74) is -0.314. The summed E-state index contributed by atoms with van der Waals surface area (Å²) in [6.07, 6.45) is 8.09. The summed E-state index contributed by atoms with van der Waals surface area (Å²) in [7, 11) is 1.70. The van der Waals surface area contributed by atoms with Crippen molar-refractivity contribution in [3.63, 3.8) is 0 Å². The van der Waals surface area contributed by atoms with Gasteiger partial charge in [-0.1, -0.05) is 18.9 Å². The lowest BCUT2D eigenvalue weighted by molar-refractivity contribution is 0.386. The minimum absolute atomic E-state index is 0.212. The fourth-order valence-electron chi connectivity index (χ4n) is 3.93. The molecular weight excluding hydrogens is 348 g/mol. The summed E-state index contributed by atoms with van der Waals surface area (Å²) in [5.74, 6) is -0.264. The van der Waals surface area contributed by atoms with Crippen LogP contribution in [0.1, 0.15) is 37.7 Å². The van der Waals surface area contributed by atoms with Gasteiger partial charge in [0.05, 0.1) is 0 Å². The van der Waals surface area contributed by atoms with E-state index < -0.39 is 17.0 Å². The molecule has 1 aliphatic carbocycles. The van der Waals surface area contributed by atoms with Gasteiger partial charge in [-0.2, -0.15) is 5.10 Å². The van der Waals surface area contributed by atoms with Gasteiger partial charge in [-0.25, -0.2) is 8.78 Å². The maximum atomic E-state index is 14.4. The number of nitrogens with zero attached hydrogens (tertiary/aromatic N) is 3. The predicted molar refractivity (Wildman–Crippen MR) is 103 cm³/mol. The zero-order chi connectivity index (χ0) is 19.1. The van der Waals surface area contributed by atoms with E-state index in [2.05, 4.69) is 20.7 Å². The number of aliphatic imine (C=N–C) groups is 1. The molecule has 0 radical (unpaired) electrons. The van der Waals surface area contributed by atoms with E-state index in [0.717, 1.165) is 45.2 Å². The molecule has 1 heterocycles. The second-order valence-corrected chi connectivity index (χ2v) is 7.06. The standard InChI is InChI=1S/C20H27F2N5/c1-23-19(24-11-5-13-27-14-6-12-26-27)25-15-20(9-2-3-10-20)18-16(21)7-4-8-17(18)22/h4,6-8,12,14H,2-3,5,9-11,13,15H2,1H3,(H2,23,24,25). The van der Waals surface area contributed by atoms with Gasteiger partial charge >= 0.3 is 0 Å². The van der Waals surface area contributed by atoms with Crippen molar-refractivity contribution in [3.8, 4) is 0 Å². The first-order valence-electron chi connectivity index (χ1n) is 9.51. The molecule has 0 amide bonds. The number of hydrogen-bond donors (Lipinski definition) is 2. The molecule has 1 aliphatic rings. The minimum Gasteiger partial charge on any atom is -0.356 e. The van der Waals surface area contributed by atoms with Crippen LogP contribution in [0, 0.1) is 11.6 Å². The zero-order valence-corrected chi connectivity index (χ0v) is 15.7. The summed E-state index contributed by atoms with van der Waals surface area (Å²) < 4.78 is 30.7. The van der Waals surface area contributed by atoms with E-state index in [1.807, 2.05) is 16.9 Å². The Bertz CT molecular complexity index is 731. The predicted octanol–water partition coefficient (Wildman–Crippen LogP) is 3.23. The Labute approximate surface area is 158 Å². The second-order valence-electron chi connectivity index (χ2n) is 7.06. The molecule has 146 valence electrons. The average Bonchev–Trinajstić information content (AvgIpc) is 3.34. The molecule has 7 heteroatoms. The van der Waals surface area contributed by atoms with Crippen LogP contribution in [-0.4, -0.2) is 35.9 Å². The fourth-order valence-corrected chi connectivity index (χ4v) is 3.93. The lowest BCUT2D eigenvalue weighted by Gasteiger charge is -2.31. The first kappa shape index (κ1) is 19.3. The Morgan fingerprint density at radius 2 is 1.93 bits per heavy atom. The highest BCUT2D eigenvalue weighted by Crippen LogP contribution is 2.42. The van der Waals surface area contributed by atoms with Crippen LogP contribution < -0.4 is 10.6 Å². The zero-order valence-electron chi connectivity index (χ0n) is 15.7. The largest absolute Gasteiger partial charge is 0.356 e. The van der Waals surface area contributed by atoms with E-state index in [1.54, 1.807) is 13.2 Å². The minimum atomic E-state index is -0.526. The van der Waals surface area contributed by atoms with E-state index in [9.17, 15) is 8.78 Å². The molecule has 0 aliphatic heterocycles. The van der Waals surface area contributed by atoms with Gasteiger partial charge in [0.15, 0.2) is 5.96 Å². The van der Waals surface area contributed by atoms with Gasteiger partial charge in [0.2, 0.25) is 0 Å². The van der Waals surface area contributed by atoms with Gasteiger partial charge in [0.1, 0.15) is 11.6 Å². The lowest BCUT2D eigenvalue weighted by atomic mass is 9.78. The summed E-state index contributed by atoms with van der Waals surface area (Å²) in [4.78, 5) is 4.24. The topological polar surface area (TPSA) is 54.2 Å². The molecule has 2 N–H and O–H groups in total. The van der Waals surface area contributed by atoms with Crippen LogP contribution in [-0.2, 0) is 12.0 Å². The molecule has 2 aromatic rings. The van der Waals surface area contributed by atoms with Crippen molar-refractivity contribution in [2.75, 3.05) is 20.1 Å². The van der Waals surface area contributed by atoms with Crippen LogP contribution in [0.15, 0.2) is 41.7 Å². The van der Waals surface area contributed by atoms with Crippen molar-refractivity contribution >= 4 is 5.96 Å². The van der Waals surface area contributed by atoms with Crippen molar-refractivity contribution in [1.82, 2.24) is 20.4 Å². The molecule has 0 atom stereocenters. The first-order valence-corrected chi connectivity index (χ1v) is 9.51. The maximum Gasteiger partial charge on any atom is 0.191 e. The third-order valence-corrected chi connectivity index (χ3v) is 5.29. The van der Waals surface area contributed by atoms with E-state index in [-0.39, 0.29) is 5.56 Å². The van der Waals surface area contributed by atoms with Crippen LogP contribution in [0.25, 0.3) is 0 Å². The maximum absolute atomic E-state index is 14.4. The number of rotatable bonds is 7. The van der Waals surface area contributed by atoms with Crippen LogP contribution in [0.5, 0.6) is 0 Å². The summed E-state index contributed by atoms with van der Waals surface area (Å²) in [5, 5.41) is 10.7. The number of aromatic nitrogens is 2. The molecule has 1 saturated carbocycles. The molecule has 0 spiro atoms. The van der Waals surface area contributed by atoms with E-state index in [4.69, 9.17) is 0 Å². The van der Waals surface area contributed by atoms with E-state index >= 15 is 0 Å². The number of nitrogens with one attached hydrogen (secondary N) is 2. The monoisotopic (exact) mass is 375 g/mol. The first-order chi connectivity index (χ1) is 13.1. The van der Waals surface area contributed by atoms with E-state index in [0.29, 0.717) is 12.5 Å². The van der Waals surface area contributed by atoms with Crippen LogP contribution >= 0.6 is 0 Å². The number of guanidine groups is 1. The van der Waals surface area contributed by atoms with Gasteiger partial charge in [-0.3, -0.25) is 9.67 Å². The van der Waals surface area contributed by atoms with Gasteiger partial charge < -0.3 is 10.6 Å². The molecular formula is C20H27F2N5. The Balaban J connectivity index is 1.58. The molecule has 1 aromatic carbocycles. The number of hydrogen-bond acceptors (Lipinski definition) is 2. The normalized spacial score (nSPS) is 16.5. The highest BCUT2D eigenvalue weighted by atomic mass is 19.1. The van der Waals surface area contributed by atoms with Gasteiger partial charge in [-0.15, -0.1) is 0 Å². The van der Waals surface area contributed by atoms with Crippen LogP contribution in [0.4, 0.5) is 8.78 Å². The Kier molecular flexibility index (Phi) is 6.42. The SMILES string of the molecule is CN=C(NCCCn1cccn1)NCC1(c2c(F)cccc2F)CCCC1. The highest BCUT2D eigenvalue weighted by Gasteiger charge is 2.39. The molecule has 0 saturated heterocycles. The van der Waals surface area contributed by atoms with Crippen LogP contribution in [0.2, 0.25) is 0 Å². The number of halogens is 2. The van der Waals surface area contributed by atoms with Crippen molar-refractivity contribution in [2.24, 2.45) is 4.99 Å². The third-order valence-electron chi connectivity index (χ3n) is 5.29. The summed E-state index contributed by atoms with van der Waals surface area (Å²) in [6, 6.07) is 6.02. The molecule has 5 nitrogen and oxygen atoms in total. The number of benzene rings is 1. The molecule has 0 bridgehead atoms. The van der Waals surface area contributed by atoms with Crippen LogP contribution in [0.3, 0.4) is 0 Å². The molecule has 1 fully saturated rings. The molecule has 27 heavy (non-hydrogen) atoms. The highest BCUT2D eigenvalue weighted by molar-refractivity contribution is 5.79. The van der Waals surface area contributed by atoms with Crippen molar-refractivity contribution in [2.45, 2.75) is 44.1 Å². The Hall–Kier alpha value is -2.44. The van der Waals surface area contributed by atoms with E-state index in [1.165, 1.54) is 18.2 Å². The second kappa shape index (κ2) is 8.97. The number of aryl methyl sites for hydroxylation is 1. The smallest absolute Gasteiger partial charge is 0.191 e. The Morgan fingerprint density at radius 1 is 1.19 bits per heavy atom. The van der Waals surface area contributed by atoms with Crippen molar-refractivity contribution < 1.29 is 8.78 Å². The summed E-state index contributed by atoms with van der Waals surface area (Å²) in [6.45, 7) is 2.02. The fraction of sp³-hybridized carbons (Fsp3) is 0.500. The van der Waals surface area contributed by atoms with Gasteiger partial charge in [0.25, 0.3) is 0 Å². The van der Waals surface area contributed by atoms with Crippen molar-refractivity contribution in [3.05, 3.63) is 53.9 Å². The molecule has 1 aromatic heterocycles. The summed E-state index contributed by atoms with van der Waals surface area (Å²) >= 11 is 0. The Morgan fingerprint density at radius 3 is 2.56 bits per heavy atom. The quantitative estimate of drug-likeness (QED) is 0.444. The molecule has 0 unspecified atom stereocenters. The third kappa shape index (κ3) is 4.64. The van der Waals surface area contributed by atoms with Crippen molar-refractivity contribution in [1.29, 1.82) is 0 Å². The lowest BCUT2D eigenvalue weighted by Crippen LogP contribution is -2.45.